The number of nitrogens with zero attached hydrogens (tertiary/aromatic N) is 2. The molecule has 1 amide bonds. The standard InChI is InChI=1S/C31H28N2O6S/c1-3-4-12-37-21-7-5-6-19(16-21)27-26(28(34)20-9-11-23-24(17-20)39-14-13-38-23)29(35)30(36)33(27)31-32-22-10-8-18(2)15-25(22)40-31/h5-11,15-17,27,34H,3-4,12-14H2,1-2H3/t27-/m0/s1. The molecule has 1 fully saturated rings. The lowest BCUT2D eigenvalue weighted by atomic mass is 9.95. The lowest BCUT2D eigenvalue weighted by molar-refractivity contribution is -0.132. The second kappa shape index (κ2) is 10.7. The van der Waals surface area contributed by atoms with Gasteiger partial charge in [0.1, 0.15) is 24.7 Å². The maximum atomic E-state index is 13.6. The third kappa shape index (κ3) is 4.66. The number of Topliss-reactive ketones (excluding diaryl/α,β-unsaturated/α-hetero) is 1. The molecule has 3 aromatic carbocycles. The van der Waals surface area contributed by atoms with Crippen molar-refractivity contribution < 1.29 is 28.9 Å². The molecular weight excluding hydrogens is 528 g/mol. The fraction of sp³-hybridized carbons (Fsp3) is 0.258. The molecule has 2 aliphatic heterocycles. The molecular formula is C31H28N2O6S. The molecule has 0 radical (unpaired) electrons. The van der Waals surface area contributed by atoms with Gasteiger partial charge in [0, 0.05) is 5.56 Å². The molecule has 0 spiro atoms. The third-order valence-corrected chi connectivity index (χ3v) is 7.96. The van der Waals surface area contributed by atoms with E-state index >= 15 is 0 Å². The van der Waals surface area contributed by atoms with Crippen LogP contribution in [0.1, 0.15) is 42.5 Å². The summed E-state index contributed by atoms with van der Waals surface area (Å²) in [5.74, 6) is -0.189. The number of hydrogen-bond acceptors (Lipinski definition) is 8. The molecule has 0 bridgehead atoms. The van der Waals surface area contributed by atoms with Crippen LogP contribution in [0.5, 0.6) is 17.2 Å². The van der Waals surface area contributed by atoms with Gasteiger partial charge in [-0.25, -0.2) is 4.98 Å². The Bertz CT molecular complexity index is 1660. The van der Waals surface area contributed by atoms with Crippen molar-refractivity contribution in [2.24, 2.45) is 0 Å². The number of carbonyl (C=O) groups is 2. The first kappa shape index (κ1) is 25.9. The normalized spacial score (nSPS) is 17.9. The summed E-state index contributed by atoms with van der Waals surface area (Å²) < 4.78 is 18.1. The van der Waals surface area contributed by atoms with Gasteiger partial charge >= 0.3 is 5.91 Å². The molecule has 0 saturated carbocycles. The number of aliphatic hydroxyl groups is 1. The molecule has 6 rings (SSSR count). The molecule has 3 heterocycles. The van der Waals surface area contributed by atoms with E-state index in [0.29, 0.717) is 53.3 Å². The van der Waals surface area contributed by atoms with Gasteiger partial charge in [-0.3, -0.25) is 14.5 Å². The highest BCUT2D eigenvalue weighted by Crippen LogP contribution is 2.45. The summed E-state index contributed by atoms with van der Waals surface area (Å²) in [5, 5.41) is 11.9. The number of ether oxygens (including phenoxy) is 3. The first-order chi connectivity index (χ1) is 19.4. The van der Waals surface area contributed by atoms with Crippen LogP contribution in [0.15, 0.2) is 66.2 Å². The Kier molecular flexibility index (Phi) is 6.89. The van der Waals surface area contributed by atoms with Crippen molar-refractivity contribution in [1.29, 1.82) is 0 Å². The molecule has 40 heavy (non-hydrogen) atoms. The van der Waals surface area contributed by atoms with Gasteiger partial charge in [-0.05, 0) is 66.9 Å². The summed E-state index contributed by atoms with van der Waals surface area (Å²) in [5.41, 5.74) is 2.75. The number of amides is 1. The molecule has 204 valence electrons. The zero-order chi connectivity index (χ0) is 27.8. The number of benzene rings is 3. The van der Waals surface area contributed by atoms with E-state index in [1.165, 1.54) is 16.2 Å². The number of aliphatic hydroxyl groups excluding tert-OH is 1. The molecule has 0 aliphatic carbocycles. The molecule has 1 saturated heterocycles. The smallest absolute Gasteiger partial charge is 0.301 e. The Morgan fingerprint density at radius 3 is 2.73 bits per heavy atom. The van der Waals surface area contributed by atoms with Gasteiger partial charge in [-0.15, -0.1) is 0 Å². The van der Waals surface area contributed by atoms with Crippen LogP contribution in [0.4, 0.5) is 5.13 Å². The van der Waals surface area contributed by atoms with E-state index in [4.69, 9.17) is 19.2 Å². The zero-order valence-corrected chi connectivity index (χ0v) is 23.0. The van der Waals surface area contributed by atoms with Crippen LogP contribution in [-0.2, 0) is 9.59 Å². The van der Waals surface area contributed by atoms with Crippen molar-refractivity contribution in [3.05, 3.63) is 82.9 Å². The quantitative estimate of drug-likeness (QED) is 0.126. The van der Waals surface area contributed by atoms with E-state index in [1.807, 2.05) is 49.4 Å². The SMILES string of the molecule is CCCCOc1cccc([C@H]2C(=C(O)c3ccc4c(c3)OCCO4)C(=O)C(=O)N2c2nc3ccc(C)cc3s2)c1. The van der Waals surface area contributed by atoms with Crippen LogP contribution in [-0.4, -0.2) is 41.6 Å². The highest BCUT2D eigenvalue weighted by molar-refractivity contribution is 7.22. The lowest BCUT2D eigenvalue weighted by Crippen LogP contribution is -2.29. The van der Waals surface area contributed by atoms with E-state index < -0.39 is 17.7 Å². The average Bonchev–Trinajstić information content (AvgIpc) is 3.50. The molecule has 0 unspecified atom stereocenters. The summed E-state index contributed by atoms with van der Waals surface area (Å²) >= 11 is 1.33. The van der Waals surface area contributed by atoms with Crippen LogP contribution in [0.25, 0.3) is 16.0 Å². The zero-order valence-electron chi connectivity index (χ0n) is 22.2. The molecule has 1 aromatic heterocycles. The minimum absolute atomic E-state index is 0.0252. The number of rotatable bonds is 7. The second-order valence-corrected chi connectivity index (χ2v) is 10.8. The van der Waals surface area contributed by atoms with Crippen LogP contribution >= 0.6 is 11.3 Å². The maximum absolute atomic E-state index is 13.6. The number of carbonyl (C=O) groups excluding carboxylic acids is 2. The van der Waals surface area contributed by atoms with Gasteiger partial charge in [0.2, 0.25) is 0 Å². The number of fused-ring (bicyclic) bond motifs is 2. The second-order valence-electron chi connectivity index (χ2n) is 9.77. The summed E-state index contributed by atoms with van der Waals surface area (Å²) in [6, 6.07) is 17.2. The lowest BCUT2D eigenvalue weighted by Gasteiger charge is -2.24. The molecule has 1 atom stereocenters. The first-order valence-electron chi connectivity index (χ1n) is 13.3. The third-order valence-electron chi connectivity index (χ3n) is 6.94. The number of unbranched alkanes of at least 4 members (excludes halogenated alkanes) is 1. The van der Waals surface area contributed by atoms with Crippen LogP contribution < -0.4 is 19.1 Å². The van der Waals surface area contributed by atoms with Crippen molar-refractivity contribution >= 4 is 44.1 Å². The molecule has 8 nitrogen and oxygen atoms in total. The molecule has 4 aromatic rings. The fourth-order valence-electron chi connectivity index (χ4n) is 4.92. The minimum Gasteiger partial charge on any atom is -0.507 e. The molecule has 1 N–H and O–H groups in total. The average molecular weight is 557 g/mol. The van der Waals surface area contributed by atoms with Gasteiger partial charge in [0.05, 0.1) is 28.4 Å². The number of anilines is 1. The maximum Gasteiger partial charge on any atom is 0.301 e. The van der Waals surface area contributed by atoms with E-state index in [0.717, 1.165) is 28.6 Å². The number of aryl methyl sites for hydroxylation is 1. The van der Waals surface area contributed by atoms with E-state index in [2.05, 4.69) is 6.92 Å². The van der Waals surface area contributed by atoms with E-state index in [1.54, 1.807) is 18.2 Å². The summed E-state index contributed by atoms with van der Waals surface area (Å²) in [4.78, 5) is 33.3. The topological polar surface area (TPSA) is 98.2 Å². The Morgan fingerprint density at radius 2 is 1.90 bits per heavy atom. The number of hydrogen-bond donors (Lipinski definition) is 1. The number of aromatic nitrogens is 1. The van der Waals surface area contributed by atoms with Crippen molar-refractivity contribution in [1.82, 2.24) is 4.98 Å². The minimum atomic E-state index is -0.912. The molecule has 9 heteroatoms. The van der Waals surface area contributed by atoms with Crippen molar-refractivity contribution in [2.75, 3.05) is 24.7 Å². The first-order valence-corrected chi connectivity index (χ1v) is 14.1. The predicted octanol–water partition coefficient (Wildman–Crippen LogP) is 6.18. The van der Waals surface area contributed by atoms with E-state index in [9.17, 15) is 14.7 Å². The van der Waals surface area contributed by atoms with Gasteiger partial charge in [-0.1, -0.05) is 42.9 Å². The largest absolute Gasteiger partial charge is 0.507 e. The highest BCUT2D eigenvalue weighted by atomic mass is 32.1. The highest BCUT2D eigenvalue weighted by Gasteiger charge is 2.48. The monoisotopic (exact) mass is 556 g/mol. The van der Waals surface area contributed by atoms with Gasteiger partial charge < -0.3 is 19.3 Å². The van der Waals surface area contributed by atoms with Crippen molar-refractivity contribution in [3.8, 4) is 17.2 Å². The Morgan fingerprint density at radius 1 is 1.07 bits per heavy atom. The molecule has 2 aliphatic rings. The van der Waals surface area contributed by atoms with Gasteiger partial charge in [0.25, 0.3) is 5.78 Å². The summed E-state index contributed by atoms with van der Waals surface area (Å²) in [6.07, 6.45) is 1.89. The Labute approximate surface area is 235 Å². The number of thiazole rings is 1. The van der Waals surface area contributed by atoms with Crippen LogP contribution in [0.3, 0.4) is 0 Å². The van der Waals surface area contributed by atoms with Gasteiger partial charge in [0.15, 0.2) is 16.6 Å². The fourth-order valence-corrected chi connectivity index (χ4v) is 6.01. The predicted molar refractivity (Wildman–Crippen MR) is 153 cm³/mol. The Balaban J connectivity index is 1.50. The Hall–Kier alpha value is -4.37. The van der Waals surface area contributed by atoms with Crippen molar-refractivity contribution in [3.63, 3.8) is 0 Å². The summed E-state index contributed by atoms with van der Waals surface area (Å²) in [7, 11) is 0. The van der Waals surface area contributed by atoms with Crippen molar-refractivity contribution in [2.45, 2.75) is 32.7 Å². The van der Waals surface area contributed by atoms with Crippen LogP contribution in [0.2, 0.25) is 0 Å². The van der Waals surface area contributed by atoms with Gasteiger partial charge in [-0.2, -0.15) is 0 Å². The van der Waals surface area contributed by atoms with E-state index in [-0.39, 0.29) is 11.3 Å². The summed E-state index contributed by atoms with van der Waals surface area (Å²) in [6.45, 7) is 5.44. The number of ketones is 1. The van der Waals surface area contributed by atoms with Crippen LogP contribution in [0, 0.1) is 6.92 Å².